The molecule has 1 fully saturated rings. The molecule has 1 aliphatic rings. The monoisotopic (exact) mass is 275 g/mol. The van der Waals surface area contributed by atoms with Crippen molar-refractivity contribution in [1.29, 1.82) is 0 Å². The van der Waals surface area contributed by atoms with Gasteiger partial charge in [0.15, 0.2) is 0 Å². The molecule has 4 nitrogen and oxygen atoms in total. The second-order valence-electron chi connectivity index (χ2n) is 5.45. The summed E-state index contributed by atoms with van der Waals surface area (Å²) < 4.78 is 0. The summed E-state index contributed by atoms with van der Waals surface area (Å²) in [4.78, 5) is 11.8. The molecule has 0 aromatic heterocycles. The van der Waals surface area contributed by atoms with Gasteiger partial charge in [-0.15, -0.1) is 0 Å². The third-order valence-corrected chi connectivity index (χ3v) is 3.66. The average Bonchev–Trinajstić information content (AvgIpc) is 2.94. The van der Waals surface area contributed by atoms with Crippen molar-refractivity contribution in [3.63, 3.8) is 0 Å². The SMILES string of the molecule is CCCNCc1ccc(NC(=O)NC2CCCC2)cc1. The van der Waals surface area contributed by atoms with Crippen LogP contribution in [0.25, 0.3) is 0 Å². The Bertz CT molecular complexity index is 410. The first-order chi connectivity index (χ1) is 9.78. The van der Waals surface area contributed by atoms with Crippen molar-refractivity contribution in [3.8, 4) is 0 Å². The summed E-state index contributed by atoms with van der Waals surface area (Å²) in [6, 6.07) is 8.28. The molecule has 2 rings (SSSR count). The Morgan fingerprint density at radius 3 is 2.55 bits per heavy atom. The van der Waals surface area contributed by atoms with Gasteiger partial charge in [-0.3, -0.25) is 0 Å². The predicted molar refractivity (Wildman–Crippen MR) is 82.9 cm³/mol. The van der Waals surface area contributed by atoms with Crippen LogP contribution in [-0.4, -0.2) is 18.6 Å². The van der Waals surface area contributed by atoms with E-state index in [0.29, 0.717) is 6.04 Å². The van der Waals surface area contributed by atoms with Gasteiger partial charge in [0.05, 0.1) is 0 Å². The van der Waals surface area contributed by atoms with Crippen molar-refractivity contribution in [2.24, 2.45) is 0 Å². The molecule has 0 aliphatic heterocycles. The number of nitrogens with one attached hydrogen (secondary N) is 3. The molecule has 0 spiro atoms. The zero-order chi connectivity index (χ0) is 14.2. The van der Waals surface area contributed by atoms with Gasteiger partial charge >= 0.3 is 6.03 Å². The molecule has 0 radical (unpaired) electrons. The fraction of sp³-hybridized carbons (Fsp3) is 0.562. The van der Waals surface area contributed by atoms with E-state index >= 15 is 0 Å². The fourth-order valence-corrected chi connectivity index (χ4v) is 2.54. The van der Waals surface area contributed by atoms with Crippen molar-refractivity contribution < 1.29 is 4.79 Å². The molecule has 0 atom stereocenters. The van der Waals surface area contributed by atoms with Crippen LogP contribution in [-0.2, 0) is 6.54 Å². The van der Waals surface area contributed by atoms with Crippen molar-refractivity contribution in [2.75, 3.05) is 11.9 Å². The van der Waals surface area contributed by atoms with E-state index < -0.39 is 0 Å². The first kappa shape index (κ1) is 14.9. The standard InChI is InChI=1S/C16H25N3O/c1-2-11-17-12-13-7-9-15(10-8-13)19-16(20)18-14-5-3-4-6-14/h7-10,14,17H,2-6,11-12H2,1H3,(H2,18,19,20). The lowest BCUT2D eigenvalue weighted by atomic mass is 10.2. The number of anilines is 1. The molecule has 0 heterocycles. The maximum atomic E-state index is 11.8. The highest BCUT2D eigenvalue weighted by Gasteiger charge is 2.16. The summed E-state index contributed by atoms with van der Waals surface area (Å²) in [6.07, 6.45) is 5.81. The Labute approximate surface area is 121 Å². The topological polar surface area (TPSA) is 53.2 Å². The first-order valence-electron chi connectivity index (χ1n) is 7.65. The lowest BCUT2D eigenvalue weighted by molar-refractivity contribution is 0.248. The predicted octanol–water partition coefficient (Wildman–Crippen LogP) is 3.25. The molecule has 0 unspecified atom stereocenters. The molecule has 2 amide bonds. The highest BCUT2D eigenvalue weighted by atomic mass is 16.2. The fourth-order valence-electron chi connectivity index (χ4n) is 2.54. The zero-order valence-electron chi connectivity index (χ0n) is 12.2. The quantitative estimate of drug-likeness (QED) is 0.698. The smallest absolute Gasteiger partial charge is 0.319 e. The number of hydrogen-bond donors (Lipinski definition) is 3. The second kappa shape index (κ2) is 7.90. The van der Waals surface area contributed by atoms with Crippen LogP contribution >= 0.6 is 0 Å². The third kappa shape index (κ3) is 4.85. The van der Waals surface area contributed by atoms with Crippen LogP contribution in [0.4, 0.5) is 10.5 Å². The van der Waals surface area contributed by atoms with Crippen LogP contribution in [0, 0.1) is 0 Å². The van der Waals surface area contributed by atoms with E-state index in [0.717, 1.165) is 38.0 Å². The Morgan fingerprint density at radius 1 is 1.20 bits per heavy atom. The van der Waals surface area contributed by atoms with E-state index in [1.165, 1.54) is 18.4 Å². The maximum absolute atomic E-state index is 11.8. The molecule has 0 saturated heterocycles. The summed E-state index contributed by atoms with van der Waals surface area (Å²) in [7, 11) is 0. The Kier molecular flexibility index (Phi) is 5.87. The largest absolute Gasteiger partial charge is 0.335 e. The highest BCUT2D eigenvalue weighted by Crippen LogP contribution is 2.17. The van der Waals surface area contributed by atoms with Gasteiger partial charge in [0, 0.05) is 18.3 Å². The Morgan fingerprint density at radius 2 is 1.90 bits per heavy atom. The number of benzene rings is 1. The van der Waals surface area contributed by atoms with Crippen LogP contribution in [0.2, 0.25) is 0 Å². The van der Waals surface area contributed by atoms with E-state index in [4.69, 9.17) is 0 Å². The lowest BCUT2D eigenvalue weighted by Gasteiger charge is -2.13. The number of hydrogen-bond acceptors (Lipinski definition) is 2. The molecule has 0 bridgehead atoms. The number of urea groups is 1. The van der Waals surface area contributed by atoms with Crippen molar-refractivity contribution >= 4 is 11.7 Å². The number of carbonyl (C=O) groups excluding carboxylic acids is 1. The van der Waals surface area contributed by atoms with Crippen LogP contribution in [0.5, 0.6) is 0 Å². The summed E-state index contributed by atoms with van der Waals surface area (Å²) in [6.45, 7) is 4.06. The van der Waals surface area contributed by atoms with Gasteiger partial charge in [0.25, 0.3) is 0 Å². The van der Waals surface area contributed by atoms with Gasteiger partial charge in [0.1, 0.15) is 0 Å². The number of amides is 2. The van der Waals surface area contributed by atoms with Crippen molar-refractivity contribution in [3.05, 3.63) is 29.8 Å². The van der Waals surface area contributed by atoms with E-state index in [9.17, 15) is 4.79 Å². The minimum atomic E-state index is -0.0891. The minimum Gasteiger partial charge on any atom is -0.335 e. The number of carbonyl (C=O) groups is 1. The van der Waals surface area contributed by atoms with Gasteiger partial charge < -0.3 is 16.0 Å². The van der Waals surface area contributed by atoms with Gasteiger partial charge in [-0.25, -0.2) is 4.79 Å². The molecule has 1 aromatic rings. The van der Waals surface area contributed by atoms with E-state index in [-0.39, 0.29) is 6.03 Å². The van der Waals surface area contributed by atoms with Crippen LogP contribution in [0.3, 0.4) is 0 Å². The molecule has 3 N–H and O–H groups in total. The molecule has 20 heavy (non-hydrogen) atoms. The number of rotatable bonds is 6. The van der Waals surface area contributed by atoms with Gasteiger partial charge in [-0.05, 0) is 43.5 Å². The van der Waals surface area contributed by atoms with Gasteiger partial charge in [-0.2, -0.15) is 0 Å². The molecule has 4 heteroatoms. The Hall–Kier alpha value is -1.55. The molecule has 1 saturated carbocycles. The van der Waals surface area contributed by atoms with E-state index in [1.54, 1.807) is 0 Å². The minimum absolute atomic E-state index is 0.0891. The highest BCUT2D eigenvalue weighted by molar-refractivity contribution is 5.89. The molecule has 110 valence electrons. The molecule has 1 aliphatic carbocycles. The average molecular weight is 275 g/mol. The van der Waals surface area contributed by atoms with Gasteiger partial charge in [0.2, 0.25) is 0 Å². The summed E-state index contributed by atoms with van der Waals surface area (Å²) in [5.74, 6) is 0. The first-order valence-corrected chi connectivity index (χ1v) is 7.65. The van der Waals surface area contributed by atoms with Crippen LogP contribution in [0.1, 0.15) is 44.6 Å². The van der Waals surface area contributed by atoms with Crippen LogP contribution < -0.4 is 16.0 Å². The Balaban J connectivity index is 1.76. The normalized spacial score (nSPS) is 15.2. The lowest BCUT2D eigenvalue weighted by Crippen LogP contribution is -2.36. The van der Waals surface area contributed by atoms with E-state index in [1.807, 2.05) is 24.3 Å². The molecule has 1 aromatic carbocycles. The third-order valence-electron chi connectivity index (χ3n) is 3.66. The molecular weight excluding hydrogens is 250 g/mol. The molecular formula is C16H25N3O. The summed E-state index contributed by atoms with van der Waals surface area (Å²) in [5.41, 5.74) is 2.08. The van der Waals surface area contributed by atoms with Crippen molar-refractivity contribution in [2.45, 2.75) is 51.6 Å². The van der Waals surface area contributed by atoms with Crippen LogP contribution in [0.15, 0.2) is 24.3 Å². The summed E-state index contributed by atoms with van der Waals surface area (Å²) in [5, 5.41) is 9.27. The van der Waals surface area contributed by atoms with Gasteiger partial charge in [-0.1, -0.05) is 31.9 Å². The van der Waals surface area contributed by atoms with E-state index in [2.05, 4.69) is 22.9 Å². The second-order valence-corrected chi connectivity index (χ2v) is 5.45. The summed E-state index contributed by atoms with van der Waals surface area (Å²) >= 11 is 0. The van der Waals surface area contributed by atoms with Crippen molar-refractivity contribution in [1.82, 2.24) is 10.6 Å². The maximum Gasteiger partial charge on any atom is 0.319 e. The zero-order valence-corrected chi connectivity index (χ0v) is 12.2.